The van der Waals surface area contributed by atoms with Gasteiger partial charge in [0.2, 0.25) is 5.78 Å². The van der Waals surface area contributed by atoms with Crippen LogP contribution in [0.25, 0.3) is 0 Å². The number of benzene rings is 1. The molecule has 2 aromatic rings. The molecule has 4 heteroatoms. The van der Waals surface area contributed by atoms with Crippen LogP contribution < -0.4 is 0 Å². The van der Waals surface area contributed by atoms with Crippen molar-refractivity contribution in [3.8, 4) is 0 Å². The zero-order valence-corrected chi connectivity index (χ0v) is 9.08. The van der Waals surface area contributed by atoms with Crippen molar-refractivity contribution in [3.63, 3.8) is 0 Å². The van der Waals surface area contributed by atoms with Crippen LogP contribution in [-0.4, -0.2) is 10.8 Å². The molecule has 0 saturated carbocycles. The molecular weight excluding hydrogens is 224 g/mol. The number of nitrogens with zero attached hydrogens (tertiary/aromatic N) is 1. The maximum Gasteiger partial charge on any atom is 0.211 e. The Hall–Kier alpha value is -2.10. The van der Waals surface area contributed by atoms with Crippen LogP contribution in [0.4, 0.5) is 8.78 Å². The number of aromatic nitrogens is 1. The molecule has 2 rings (SSSR count). The van der Waals surface area contributed by atoms with Gasteiger partial charge in [0.05, 0.1) is 0 Å². The number of rotatable bonds is 2. The predicted molar refractivity (Wildman–Crippen MR) is 58.8 cm³/mol. The molecule has 2 nitrogen and oxygen atoms in total. The molecule has 1 aromatic carbocycles. The summed E-state index contributed by atoms with van der Waals surface area (Å²) in [4.78, 5) is 15.8. The van der Waals surface area contributed by atoms with Gasteiger partial charge in [0, 0.05) is 17.8 Å². The zero-order valence-electron chi connectivity index (χ0n) is 9.08. The van der Waals surface area contributed by atoms with Crippen LogP contribution in [0.15, 0.2) is 36.5 Å². The lowest BCUT2D eigenvalue weighted by atomic mass is 10.1. The molecule has 0 spiro atoms. The summed E-state index contributed by atoms with van der Waals surface area (Å²) in [5, 5.41) is 0. The normalized spacial score (nSPS) is 10.3. The lowest BCUT2D eigenvalue weighted by Gasteiger charge is -2.01. The van der Waals surface area contributed by atoms with Gasteiger partial charge >= 0.3 is 0 Å². The second-order valence-corrected chi connectivity index (χ2v) is 3.71. The van der Waals surface area contributed by atoms with E-state index in [0.29, 0.717) is 0 Å². The highest BCUT2D eigenvalue weighted by atomic mass is 19.1. The molecule has 1 aromatic heterocycles. The molecule has 0 bridgehead atoms. The second kappa shape index (κ2) is 4.41. The van der Waals surface area contributed by atoms with E-state index in [9.17, 15) is 13.6 Å². The van der Waals surface area contributed by atoms with E-state index in [-0.39, 0.29) is 11.3 Å². The van der Waals surface area contributed by atoms with Gasteiger partial charge in [0.25, 0.3) is 0 Å². The standard InChI is InChI=1S/C13H9F2NO/c1-8-2-3-12(16-7-8)13(17)9-4-10(14)6-11(15)5-9/h2-7H,1H3. The minimum absolute atomic E-state index is 0.0427. The van der Waals surface area contributed by atoms with E-state index in [1.54, 1.807) is 6.07 Å². The molecular formula is C13H9F2NO. The predicted octanol–water partition coefficient (Wildman–Crippen LogP) is 2.90. The summed E-state index contributed by atoms with van der Waals surface area (Å²) in [7, 11) is 0. The summed E-state index contributed by atoms with van der Waals surface area (Å²) < 4.78 is 25.9. The highest BCUT2D eigenvalue weighted by Crippen LogP contribution is 2.12. The number of hydrogen-bond donors (Lipinski definition) is 0. The van der Waals surface area contributed by atoms with E-state index >= 15 is 0 Å². The minimum atomic E-state index is -0.777. The third kappa shape index (κ3) is 2.53. The average molecular weight is 233 g/mol. The van der Waals surface area contributed by atoms with Gasteiger partial charge in [0.15, 0.2) is 0 Å². The van der Waals surface area contributed by atoms with E-state index < -0.39 is 17.4 Å². The molecule has 86 valence electrons. The SMILES string of the molecule is Cc1ccc(C(=O)c2cc(F)cc(F)c2)nc1. The van der Waals surface area contributed by atoms with Crippen molar-refractivity contribution in [1.82, 2.24) is 4.98 Å². The number of ketones is 1. The summed E-state index contributed by atoms with van der Waals surface area (Å²) in [5.74, 6) is -2.05. The van der Waals surface area contributed by atoms with Crippen molar-refractivity contribution in [2.24, 2.45) is 0 Å². The number of carbonyl (C=O) groups excluding carboxylic acids is 1. The average Bonchev–Trinajstić information content (AvgIpc) is 2.28. The first-order valence-corrected chi connectivity index (χ1v) is 5.00. The summed E-state index contributed by atoms with van der Waals surface area (Å²) in [6.07, 6.45) is 1.53. The summed E-state index contributed by atoms with van der Waals surface area (Å²) in [5.41, 5.74) is 1.03. The third-order valence-corrected chi connectivity index (χ3v) is 2.27. The Balaban J connectivity index is 2.40. The van der Waals surface area contributed by atoms with Crippen molar-refractivity contribution in [2.45, 2.75) is 6.92 Å². The molecule has 17 heavy (non-hydrogen) atoms. The van der Waals surface area contributed by atoms with Crippen LogP contribution in [0.5, 0.6) is 0 Å². The Bertz CT molecular complexity index is 544. The van der Waals surface area contributed by atoms with Crippen LogP contribution in [-0.2, 0) is 0 Å². The van der Waals surface area contributed by atoms with Gasteiger partial charge in [-0.15, -0.1) is 0 Å². The highest BCUT2D eigenvalue weighted by Gasteiger charge is 2.12. The number of hydrogen-bond acceptors (Lipinski definition) is 2. The number of halogens is 2. The number of carbonyl (C=O) groups is 1. The second-order valence-electron chi connectivity index (χ2n) is 3.71. The van der Waals surface area contributed by atoms with E-state index in [1.807, 2.05) is 6.92 Å². The van der Waals surface area contributed by atoms with Crippen LogP contribution in [0.3, 0.4) is 0 Å². The quantitative estimate of drug-likeness (QED) is 0.746. The fourth-order valence-electron chi connectivity index (χ4n) is 1.43. The number of pyridine rings is 1. The van der Waals surface area contributed by atoms with E-state index in [0.717, 1.165) is 23.8 Å². The van der Waals surface area contributed by atoms with Gasteiger partial charge in [0.1, 0.15) is 17.3 Å². The van der Waals surface area contributed by atoms with Crippen molar-refractivity contribution in [3.05, 3.63) is 65.0 Å². The summed E-state index contributed by atoms with van der Waals surface area (Å²) >= 11 is 0. The first-order valence-electron chi connectivity index (χ1n) is 5.00. The Labute approximate surface area is 96.9 Å². The van der Waals surface area contributed by atoms with Crippen LogP contribution in [0.1, 0.15) is 21.6 Å². The monoisotopic (exact) mass is 233 g/mol. The van der Waals surface area contributed by atoms with Gasteiger partial charge in [-0.1, -0.05) is 6.07 Å². The Morgan fingerprint density at radius 3 is 2.29 bits per heavy atom. The maximum absolute atomic E-state index is 13.0. The maximum atomic E-state index is 13.0. The molecule has 0 aliphatic heterocycles. The van der Waals surface area contributed by atoms with E-state index in [2.05, 4.69) is 4.98 Å². The van der Waals surface area contributed by atoms with Gasteiger partial charge in [-0.2, -0.15) is 0 Å². The molecule has 0 radical (unpaired) electrons. The van der Waals surface area contributed by atoms with E-state index in [1.165, 1.54) is 12.3 Å². The minimum Gasteiger partial charge on any atom is -0.287 e. The van der Waals surface area contributed by atoms with Gasteiger partial charge in [-0.25, -0.2) is 8.78 Å². The fourth-order valence-corrected chi connectivity index (χ4v) is 1.43. The van der Waals surface area contributed by atoms with Crippen LogP contribution >= 0.6 is 0 Å². The fraction of sp³-hybridized carbons (Fsp3) is 0.0769. The largest absolute Gasteiger partial charge is 0.287 e. The smallest absolute Gasteiger partial charge is 0.211 e. The molecule has 0 amide bonds. The van der Waals surface area contributed by atoms with E-state index in [4.69, 9.17) is 0 Å². The van der Waals surface area contributed by atoms with Crippen molar-refractivity contribution in [1.29, 1.82) is 0 Å². The molecule has 0 saturated heterocycles. The lowest BCUT2D eigenvalue weighted by Crippen LogP contribution is -2.05. The zero-order chi connectivity index (χ0) is 12.4. The number of aryl methyl sites for hydroxylation is 1. The molecule has 0 N–H and O–H groups in total. The van der Waals surface area contributed by atoms with Gasteiger partial charge < -0.3 is 0 Å². The van der Waals surface area contributed by atoms with Crippen molar-refractivity contribution in [2.75, 3.05) is 0 Å². The Morgan fingerprint density at radius 2 is 1.76 bits per heavy atom. The van der Waals surface area contributed by atoms with Crippen LogP contribution in [0.2, 0.25) is 0 Å². The van der Waals surface area contributed by atoms with Crippen molar-refractivity contribution >= 4 is 5.78 Å². The Morgan fingerprint density at radius 1 is 1.12 bits per heavy atom. The first kappa shape index (κ1) is 11.4. The van der Waals surface area contributed by atoms with Crippen LogP contribution in [0, 0.1) is 18.6 Å². The summed E-state index contributed by atoms with van der Waals surface area (Å²) in [6, 6.07) is 5.95. The molecule has 1 heterocycles. The first-order chi connectivity index (χ1) is 8.06. The molecule has 0 fully saturated rings. The third-order valence-electron chi connectivity index (χ3n) is 2.27. The molecule has 0 aliphatic rings. The molecule has 0 atom stereocenters. The molecule has 0 unspecified atom stereocenters. The van der Waals surface area contributed by atoms with Gasteiger partial charge in [-0.3, -0.25) is 9.78 Å². The lowest BCUT2D eigenvalue weighted by molar-refractivity contribution is 0.103. The molecule has 0 aliphatic carbocycles. The topological polar surface area (TPSA) is 30.0 Å². The van der Waals surface area contributed by atoms with Crippen molar-refractivity contribution < 1.29 is 13.6 Å². The Kier molecular flexibility index (Phi) is 2.95. The summed E-state index contributed by atoms with van der Waals surface area (Å²) in [6.45, 7) is 1.84. The highest BCUT2D eigenvalue weighted by molar-refractivity contribution is 6.07. The van der Waals surface area contributed by atoms with Gasteiger partial charge in [-0.05, 0) is 30.7 Å².